The van der Waals surface area contributed by atoms with E-state index in [1.807, 2.05) is 31.2 Å². The summed E-state index contributed by atoms with van der Waals surface area (Å²) in [5.74, 6) is -0.249. The number of aliphatic hydroxyl groups excluding tert-OH is 2. The molecule has 1 unspecified atom stereocenters. The number of aromatic nitrogens is 3. The molecule has 0 aliphatic heterocycles. The third kappa shape index (κ3) is 7.02. The summed E-state index contributed by atoms with van der Waals surface area (Å²) in [7, 11) is 0. The van der Waals surface area contributed by atoms with Crippen LogP contribution in [0.25, 0.3) is 17.7 Å². The van der Waals surface area contributed by atoms with Crippen LogP contribution in [0, 0.1) is 6.92 Å². The molecule has 2 heterocycles. The molecular formula is C29H34ClFN4O3. The highest BCUT2D eigenvalue weighted by molar-refractivity contribution is 6.33. The van der Waals surface area contributed by atoms with Gasteiger partial charge in [-0.3, -0.25) is 4.98 Å². The monoisotopic (exact) mass is 540 g/mol. The number of halogens is 2. The summed E-state index contributed by atoms with van der Waals surface area (Å²) in [5.41, 5.74) is 2.29. The van der Waals surface area contributed by atoms with Gasteiger partial charge in [-0.2, -0.15) is 0 Å². The maximum atomic E-state index is 15.5. The summed E-state index contributed by atoms with van der Waals surface area (Å²) in [6.45, 7) is 8.56. The van der Waals surface area contributed by atoms with Crippen LogP contribution in [0.3, 0.4) is 0 Å². The number of aryl methyl sites for hydroxylation is 1. The number of aliphatic hydroxyl groups is 3. The minimum absolute atomic E-state index is 0.250. The van der Waals surface area contributed by atoms with Gasteiger partial charge in [0.05, 0.1) is 28.4 Å². The Bertz CT molecular complexity index is 1430. The Labute approximate surface area is 227 Å². The van der Waals surface area contributed by atoms with Crippen LogP contribution in [0.2, 0.25) is 5.02 Å². The minimum atomic E-state index is -1.19. The summed E-state index contributed by atoms with van der Waals surface area (Å²) >= 11 is 6.65. The van der Waals surface area contributed by atoms with E-state index in [2.05, 4.69) is 20.3 Å². The maximum absolute atomic E-state index is 15.5. The van der Waals surface area contributed by atoms with Crippen molar-refractivity contribution in [1.82, 2.24) is 15.0 Å². The van der Waals surface area contributed by atoms with Gasteiger partial charge in [-0.05, 0) is 50.8 Å². The standard InChI is InChI=1S/C29H34ClFN4O3/c1-6-8-22-24(12-23(31)17(2)21-14-33-28(34-15-21)29(4,5)38)35-18(3)26(30)27(22)32-13-19-9-7-10-20(11-19)25(37)16-36/h7-12,14-15,25,32,36-38H,6,13,16H2,1-5H3/b22-8-,23-17-,24-12+. The van der Waals surface area contributed by atoms with Crippen molar-refractivity contribution < 1.29 is 19.7 Å². The molecule has 0 bridgehead atoms. The highest BCUT2D eigenvalue weighted by Crippen LogP contribution is 2.23. The van der Waals surface area contributed by atoms with Crippen LogP contribution in [0.4, 0.5) is 10.1 Å². The Balaban J connectivity index is 2.04. The third-order valence-electron chi connectivity index (χ3n) is 6.01. The highest BCUT2D eigenvalue weighted by Gasteiger charge is 2.19. The molecule has 3 aromatic rings. The minimum Gasteiger partial charge on any atom is -0.393 e. The molecule has 0 aliphatic rings. The van der Waals surface area contributed by atoms with E-state index in [4.69, 9.17) is 11.6 Å². The van der Waals surface area contributed by atoms with E-state index in [1.165, 1.54) is 18.5 Å². The summed E-state index contributed by atoms with van der Waals surface area (Å²) in [6.07, 6.45) is 5.98. The smallest absolute Gasteiger partial charge is 0.159 e. The molecule has 4 N–H and O–H groups in total. The van der Waals surface area contributed by atoms with Gasteiger partial charge < -0.3 is 20.6 Å². The van der Waals surface area contributed by atoms with Gasteiger partial charge in [-0.25, -0.2) is 14.4 Å². The number of anilines is 1. The number of hydrogen-bond donors (Lipinski definition) is 4. The van der Waals surface area contributed by atoms with Gasteiger partial charge in [0.15, 0.2) is 5.82 Å². The molecule has 0 aliphatic carbocycles. The molecule has 0 amide bonds. The Hall–Kier alpha value is -3.17. The zero-order valence-corrected chi connectivity index (χ0v) is 23.0. The maximum Gasteiger partial charge on any atom is 0.159 e. The molecule has 0 fully saturated rings. The van der Waals surface area contributed by atoms with Crippen molar-refractivity contribution in [1.29, 1.82) is 0 Å². The lowest BCUT2D eigenvalue weighted by Crippen LogP contribution is -2.32. The van der Waals surface area contributed by atoms with Gasteiger partial charge in [0.1, 0.15) is 17.5 Å². The van der Waals surface area contributed by atoms with Crippen molar-refractivity contribution in [2.45, 2.75) is 59.3 Å². The van der Waals surface area contributed by atoms with Gasteiger partial charge in [0.2, 0.25) is 0 Å². The van der Waals surface area contributed by atoms with Crippen molar-refractivity contribution in [3.05, 3.63) is 86.3 Å². The van der Waals surface area contributed by atoms with Gasteiger partial charge in [0, 0.05) is 35.8 Å². The van der Waals surface area contributed by atoms with Crippen molar-refractivity contribution in [3.63, 3.8) is 0 Å². The fraction of sp³-hybridized carbons (Fsp3) is 0.345. The van der Waals surface area contributed by atoms with E-state index in [0.29, 0.717) is 56.6 Å². The normalized spacial score (nSPS) is 14.5. The number of benzene rings is 1. The van der Waals surface area contributed by atoms with E-state index < -0.39 is 17.5 Å². The first kappa shape index (κ1) is 29.4. The van der Waals surface area contributed by atoms with Gasteiger partial charge in [-0.1, -0.05) is 48.9 Å². The predicted molar refractivity (Wildman–Crippen MR) is 149 cm³/mol. The number of rotatable bonds is 9. The Morgan fingerprint density at radius 3 is 2.53 bits per heavy atom. The molecule has 1 atom stereocenters. The SMILES string of the molecule is CC\C=c1/c(NCc2cccc(C(O)CO)c2)c(Cl)c(C)n/c1=C/C(F)=C(\C)c1cnc(C(C)(C)O)nc1. The van der Waals surface area contributed by atoms with Crippen molar-refractivity contribution in [2.24, 2.45) is 0 Å². The summed E-state index contributed by atoms with van der Waals surface area (Å²) < 4.78 is 15.5. The lowest BCUT2D eigenvalue weighted by atomic mass is 10.1. The molecule has 0 radical (unpaired) electrons. The van der Waals surface area contributed by atoms with Crippen LogP contribution < -0.4 is 15.9 Å². The van der Waals surface area contributed by atoms with E-state index in [9.17, 15) is 15.3 Å². The molecule has 3 rings (SSSR count). The Morgan fingerprint density at radius 2 is 1.92 bits per heavy atom. The lowest BCUT2D eigenvalue weighted by molar-refractivity contribution is 0.0686. The van der Waals surface area contributed by atoms with E-state index >= 15 is 4.39 Å². The summed E-state index contributed by atoms with van der Waals surface area (Å²) in [5, 5.41) is 34.2. The second kappa shape index (κ2) is 12.6. The number of hydrogen-bond acceptors (Lipinski definition) is 7. The summed E-state index contributed by atoms with van der Waals surface area (Å²) in [4.78, 5) is 12.9. The molecule has 0 saturated carbocycles. The number of nitrogens with zero attached hydrogens (tertiary/aromatic N) is 3. The van der Waals surface area contributed by atoms with Crippen LogP contribution in [0.15, 0.2) is 42.5 Å². The first-order chi connectivity index (χ1) is 18.0. The molecule has 202 valence electrons. The van der Waals surface area contributed by atoms with Crippen molar-refractivity contribution in [3.8, 4) is 0 Å². The molecule has 0 spiro atoms. The molecule has 7 nitrogen and oxygen atoms in total. The fourth-order valence-corrected chi connectivity index (χ4v) is 4.03. The van der Waals surface area contributed by atoms with Gasteiger partial charge >= 0.3 is 0 Å². The largest absolute Gasteiger partial charge is 0.393 e. The van der Waals surface area contributed by atoms with Crippen LogP contribution in [-0.2, 0) is 12.1 Å². The number of nitrogens with one attached hydrogen (secondary N) is 1. The van der Waals surface area contributed by atoms with Crippen LogP contribution >= 0.6 is 11.6 Å². The molecule has 9 heteroatoms. The predicted octanol–water partition coefficient (Wildman–Crippen LogP) is 4.07. The first-order valence-corrected chi connectivity index (χ1v) is 12.7. The quantitative estimate of drug-likeness (QED) is 0.324. The van der Waals surface area contributed by atoms with E-state index in [1.54, 1.807) is 33.8 Å². The van der Waals surface area contributed by atoms with Crippen molar-refractivity contribution >= 4 is 35.0 Å². The first-order valence-electron chi connectivity index (χ1n) is 12.4. The second-order valence-electron chi connectivity index (χ2n) is 9.57. The average molecular weight is 541 g/mol. The van der Waals surface area contributed by atoms with Crippen LogP contribution in [0.5, 0.6) is 0 Å². The molecular weight excluding hydrogens is 507 g/mol. The molecule has 1 aromatic carbocycles. The number of allylic oxidation sites excluding steroid dienone is 2. The van der Waals surface area contributed by atoms with Crippen molar-refractivity contribution in [2.75, 3.05) is 11.9 Å². The summed E-state index contributed by atoms with van der Waals surface area (Å²) in [6, 6.07) is 7.26. The van der Waals surface area contributed by atoms with Gasteiger partial charge in [-0.15, -0.1) is 0 Å². The van der Waals surface area contributed by atoms with Crippen LogP contribution in [-0.4, -0.2) is 36.9 Å². The molecule has 0 saturated heterocycles. The third-order valence-corrected chi connectivity index (χ3v) is 6.47. The average Bonchev–Trinajstić information content (AvgIpc) is 2.90. The zero-order valence-electron chi connectivity index (χ0n) is 22.3. The van der Waals surface area contributed by atoms with Crippen LogP contribution in [0.1, 0.15) is 68.4 Å². The molecule has 2 aromatic heterocycles. The number of pyridine rings is 1. The van der Waals surface area contributed by atoms with Gasteiger partial charge in [0.25, 0.3) is 0 Å². The topological polar surface area (TPSA) is 111 Å². The van der Waals surface area contributed by atoms with E-state index in [-0.39, 0.29) is 12.4 Å². The zero-order chi connectivity index (χ0) is 28.0. The fourth-order valence-electron chi connectivity index (χ4n) is 3.82. The Morgan fingerprint density at radius 1 is 1.24 bits per heavy atom. The lowest BCUT2D eigenvalue weighted by Gasteiger charge is -2.15. The second-order valence-corrected chi connectivity index (χ2v) is 9.94. The highest BCUT2D eigenvalue weighted by atomic mass is 35.5. The Kier molecular flexibility index (Phi) is 9.73. The molecule has 38 heavy (non-hydrogen) atoms. The van der Waals surface area contributed by atoms with E-state index in [0.717, 1.165) is 5.56 Å².